The Labute approximate surface area is 272 Å². The molecule has 252 valence electrons. The number of aliphatic hydroxyl groups is 1. The van der Waals surface area contributed by atoms with Crippen molar-refractivity contribution < 1.29 is 41.7 Å². The van der Waals surface area contributed by atoms with Gasteiger partial charge in [0.15, 0.2) is 17.4 Å². The molecule has 6 N–H and O–H groups in total. The van der Waals surface area contributed by atoms with Crippen LogP contribution in [-0.4, -0.2) is 52.7 Å². The fourth-order valence-corrected chi connectivity index (χ4v) is 5.82. The number of halogens is 4. The number of primary amides is 1. The van der Waals surface area contributed by atoms with Gasteiger partial charge in [-0.05, 0) is 62.8 Å². The molecular formula is C34H33F4N5O5. The van der Waals surface area contributed by atoms with Crippen LogP contribution in [0, 0.1) is 28.8 Å². The lowest BCUT2D eigenvalue weighted by Gasteiger charge is -2.30. The molecule has 2 atom stereocenters. The largest absolute Gasteiger partial charge is 0.489 e. The topological polar surface area (TPSA) is 160 Å². The van der Waals surface area contributed by atoms with Crippen LogP contribution in [-0.2, 0) is 25.3 Å². The molecule has 48 heavy (non-hydrogen) atoms. The van der Waals surface area contributed by atoms with Gasteiger partial charge in [-0.3, -0.25) is 15.0 Å². The van der Waals surface area contributed by atoms with Crippen molar-refractivity contribution in [3.05, 3.63) is 82.2 Å². The molecule has 3 fully saturated rings. The van der Waals surface area contributed by atoms with Crippen molar-refractivity contribution in [2.75, 3.05) is 13.2 Å². The van der Waals surface area contributed by atoms with Gasteiger partial charge in [0, 0.05) is 47.4 Å². The summed E-state index contributed by atoms with van der Waals surface area (Å²) in [7, 11) is 0. The molecule has 0 radical (unpaired) electrons. The van der Waals surface area contributed by atoms with Crippen molar-refractivity contribution in [1.82, 2.24) is 15.6 Å². The highest BCUT2D eigenvalue weighted by atomic mass is 19.2. The van der Waals surface area contributed by atoms with Gasteiger partial charge in [-0.25, -0.2) is 22.5 Å². The Bertz CT molecular complexity index is 1870. The van der Waals surface area contributed by atoms with Crippen LogP contribution in [0.5, 0.6) is 5.75 Å². The Balaban J connectivity index is 1.24. The Morgan fingerprint density at radius 2 is 1.85 bits per heavy atom. The number of benzene rings is 1. The molecule has 10 nitrogen and oxygen atoms in total. The Morgan fingerprint density at radius 3 is 2.50 bits per heavy atom. The molecule has 3 saturated carbocycles. The van der Waals surface area contributed by atoms with Gasteiger partial charge in [0.05, 0.1) is 18.3 Å². The summed E-state index contributed by atoms with van der Waals surface area (Å²) in [5.41, 5.74) is 2.15. The van der Waals surface area contributed by atoms with Gasteiger partial charge < -0.3 is 30.9 Å². The zero-order chi connectivity index (χ0) is 34.2. The number of nitrogens with one attached hydrogen (secondary N) is 3. The first-order chi connectivity index (χ1) is 22.7. The summed E-state index contributed by atoms with van der Waals surface area (Å²) in [6.07, 6.45) is 7.45. The standard InChI is InChI=1S/C34H33F4N5O5/c1-32(31(40)45)15-47-29-21(32)11-26(43-28(29)20-10-23(36)24(37)12-22(20)35)34(46,18-2-3-18)14-41-30(44)16-8-17(13-42-33(38)6-7-33)27(39)25(9-16)48-19-4-5-19/h8-13,18-19,39,42,46H,2-7,14-15H2,1H3,(H2,40,45)(H,41,44)/b17-13-,39-27?/t32-,34+/m0/s1. The lowest BCUT2D eigenvalue weighted by atomic mass is 9.81. The number of rotatable bonds is 11. The number of fused-ring (bicyclic) bond motifs is 1. The van der Waals surface area contributed by atoms with E-state index in [1.807, 2.05) is 0 Å². The number of hydrogen-bond acceptors (Lipinski definition) is 8. The van der Waals surface area contributed by atoms with E-state index in [4.69, 9.17) is 20.6 Å². The Kier molecular flexibility index (Phi) is 7.42. The number of carbonyl (C=O) groups is 2. The number of amides is 2. The molecule has 0 bridgehead atoms. The number of allylic oxidation sites excluding steroid dienone is 2. The summed E-state index contributed by atoms with van der Waals surface area (Å²) in [5.74, 6) is -7.19. The molecule has 2 amide bonds. The van der Waals surface area contributed by atoms with Crippen LogP contribution in [0.4, 0.5) is 17.6 Å². The maximum absolute atomic E-state index is 15.1. The lowest BCUT2D eigenvalue weighted by molar-refractivity contribution is -0.123. The van der Waals surface area contributed by atoms with E-state index in [1.54, 1.807) is 0 Å². The van der Waals surface area contributed by atoms with E-state index in [0.717, 1.165) is 12.8 Å². The van der Waals surface area contributed by atoms with E-state index < -0.39 is 57.6 Å². The van der Waals surface area contributed by atoms with E-state index in [2.05, 4.69) is 15.6 Å². The molecule has 14 heteroatoms. The van der Waals surface area contributed by atoms with Crippen molar-refractivity contribution in [3.8, 4) is 17.0 Å². The van der Waals surface area contributed by atoms with Crippen LogP contribution < -0.4 is 21.1 Å². The average molecular weight is 668 g/mol. The van der Waals surface area contributed by atoms with Crippen LogP contribution >= 0.6 is 0 Å². The normalized spacial score (nSPS) is 24.5. The zero-order valence-corrected chi connectivity index (χ0v) is 25.9. The van der Waals surface area contributed by atoms with E-state index in [0.29, 0.717) is 37.8 Å². The molecule has 1 aromatic heterocycles. The van der Waals surface area contributed by atoms with Gasteiger partial charge >= 0.3 is 0 Å². The molecule has 0 saturated heterocycles. The van der Waals surface area contributed by atoms with Crippen LogP contribution in [0.2, 0.25) is 0 Å². The maximum atomic E-state index is 15.1. The molecule has 7 rings (SSSR count). The van der Waals surface area contributed by atoms with Crippen molar-refractivity contribution in [1.29, 1.82) is 5.41 Å². The first kappa shape index (κ1) is 31.9. The highest BCUT2D eigenvalue weighted by Gasteiger charge is 2.50. The number of ether oxygens (including phenoxy) is 2. The minimum absolute atomic E-state index is 0.0104. The number of nitrogens with two attached hydrogens (primary N) is 1. The van der Waals surface area contributed by atoms with E-state index >= 15 is 4.39 Å². The number of hydrogen-bond donors (Lipinski definition) is 5. The molecule has 1 aliphatic heterocycles. The summed E-state index contributed by atoms with van der Waals surface area (Å²) in [6, 6.07) is 2.40. The van der Waals surface area contributed by atoms with Crippen molar-refractivity contribution in [2.24, 2.45) is 11.7 Å². The van der Waals surface area contributed by atoms with Crippen LogP contribution in [0.15, 0.2) is 53.5 Å². The van der Waals surface area contributed by atoms with Gasteiger partial charge in [-0.15, -0.1) is 0 Å². The average Bonchev–Trinajstić information content (AvgIpc) is 3.94. The second-order valence-corrected chi connectivity index (χ2v) is 13.4. The zero-order valence-electron chi connectivity index (χ0n) is 25.9. The lowest BCUT2D eigenvalue weighted by Crippen LogP contribution is -2.44. The number of carbonyl (C=O) groups excluding carboxylic acids is 2. The quantitative estimate of drug-likeness (QED) is 0.138. The van der Waals surface area contributed by atoms with Crippen LogP contribution in [0.1, 0.15) is 56.7 Å². The molecule has 4 aliphatic carbocycles. The number of alkyl halides is 1. The third kappa shape index (κ3) is 5.71. The molecule has 5 aliphatic rings. The monoisotopic (exact) mass is 667 g/mol. The Hall–Kier alpha value is -4.72. The van der Waals surface area contributed by atoms with Gasteiger partial charge in [0.1, 0.15) is 46.4 Å². The smallest absolute Gasteiger partial charge is 0.251 e. The number of pyridine rings is 1. The predicted molar refractivity (Wildman–Crippen MR) is 164 cm³/mol. The summed E-state index contributed by atoms with van der Waals surface area (Å²) in [4.78, 5) is 30.7. The molecule has 2 aromatic rings. The highest BCUT2D eigenvalue weighted by molar-refractivity contribution is 6.15. The summed E-state index contributed by atoms with van der Waals surface area (Å²) in [5, 5.41) is 26.1. The predicted octanol–water partition coefficient (Wildman–Crippen LogP) is 3.97. The van der Waals surface area contributed by atoms with Crippen LogP contribution in [0.3, 0.4) is 0 Å². The molecule has 0 spiro atoms. The second-order valence-electron chi connectivity index (χ2n) is 13.4. The summed E-state index contributed by atoms with van der Waals surface area (Å²) >= 11 is 0. The fourth-order valence-electron chi connectivity index (χ4n) is 5.82. The highest BCUT2D eigenvalue weighted by Crippen LogP contribution is 2.50. The molecule has 2 heterocycles. The summed E-state index contributed by atoms with van der Waals surface area (Å²) in [6.45, 7) is 0.875. The number of aromatic nitrogens is 1. The first-order valence-corrected chi connectivity index (χ1v) is 15.7. The second kappa shape index (κ2) is 11.2. The van der Waals surface area contributed by atoms with Gasteiger partial charge in [0.25, 0.3) is 5.91 Å². The van der Waals surface area contributed by atoms with Crippen LogP contribution in [0.25, 0.3) is 11.3 Å². The minimum Gasteiger partial charge on any atom is -0.489 e. The molecule has 0 unspecified atom stereocenters. The van der Waals surface area contributed by atoms with E-state index in [1.165, 1.54) is 31.3 Å². The molecular weight excluding hydrogens is 634 g/mol. The van der Waals surface area contributed by atoms with Gasteiger partial charge in [-0.2, -0.15) is 0 Å². The fraction of sp³-hybridized carbons (Fsp3) is 0.412. The maximum Gasteiger partial charge on any atom is 0.251 e. The molecule has 1 aromatic carbocycles. The third-order valence-corrected chi connectivity index (χ3v) is 9.48. The summed E-state index contributed by atoms with van der Waals surface area (Å²) < 4.78 is 69.3. The van der Waals surface area contributed by atoms with Crippen molar-refractivity contribution >= 4 is 17.5 Å². The van der Waals surface area contributed by atoms with E-state index in [-0.39, 0.29) is 64.6 Å². The Morgan fingerprint density at radius 1 is 1.15 bits per heavy atom. The van der Waals surface area contributed by atoms with Crippen molar-refractivity contribution in [3.63, 3.8) is 0 Å². The minimum atomic E-state index is -1.86. The van der Waals surface area contributed by atoms with Gasteiger partial charge in [0.2, 0.25) is 5.91 Å². The third-order valence-electron chi connectivity index (χ3n) is 9.48. The van der Waals surface area contributed by atoms with Crippen molar-refractivity contribution in [2.45, 2.75) is 68.4 Å². The number of nitrogens with zero attached hydrogens (tertiary/aromatic N) is 1. The first-order valence-electron chi connectivity index (χ1n) is 15.7. The van der Waals surface area contributed by atoms with Gasteiger partial charge in [-0.1, -0.05) is 0 Å². The SMILES string of the molecule is C[C@]1(C(N)=O)COc2c1cc([C@@](O)(CNC(=O)C1=C/C(=C/NC3(F)CC3)C(=N)C(OC3CC3)=C1)C1CC1)nc2-c1cc(F)c(F)cc1F. The van der Waals surface area contributed by atoms with E-state index in [9.17, 15) is 27.9 Å².